The highest BCUT2D eigenvalue weighted by Gasteiger charge is 2.11. The smallest absolute Gasteiger partial charge is 0.252 e. The van der Waals surface area contributed by atoms with E-state index in [1.807, 2.05) is 42.5 Å². The normalized spacial score (nSPS) is 10.6. The van der Waals surface area contributed by atoms with Crippen LogP contribution in [0.4, 0.5) is 0 Å². The molecule has 2 aromatic carbocycles. The fourth-order valence-electron chi connectivity index (χ4n) is 2.61. The molecular formula is C18H15NO3. The Labute approximate surface area is 127 Å². The van der Waals surface area contributed by atoms with Gasteiger partial charge in [0.05, 0.1) is 19.2 Å². The van der Waals surface area contributed by atoms with E-state index in [0.29, 0.717) is 11.3 Å². The number of hydrogen-bond donors (Lipinski definition) is 0. The zero-order chi connectivity index (χ0) is 15.5. The number of methoxy groups -OCH3 is 1. The standard InChI is InChI=1S/C18H15NO3/c1-22-14-7-8-15-16(13-5-3-2-4-6-13)12-18(21)19(9-10-20)17(15)11-14/h2-8,10-12H,9H2,1H3. The summed E-state index contributed by atoms with van der Waals surface area (Å²) in [5.41, 5.74) is 2.31. The van der Waals surface area contributed by atoms with E-state index in [1.54, 1.807) is 19.2 Å². The number of aldehydes is 1. The molecule has 0 N–H and O–H groups in total. The van der Waals surface area contributed by atoms with E-state index in [4.69, 9.17) is 4.74 Å². The Kier molecular flexibility index (Phi) is 3.74. The van der Waals surface area contributed by atoms with Gasteiger partial charge < -0.3 is 14.1 Å². The molecule has 0 bridgehead atoms. The van der Waals surface area contributed by atoms with Gasteiger partial charge in [-0.2, -0.15) is 0 Å². The molecule has 4 nitrogen and oxygen atoms in total. The van der Waals surface area contributed by atoms with E-state index in [-0.39, 0.29) is 12.1 Å². The van der Waals surface area contributed by atoms with Gasteiger partial charge in [0.15, 0.2) is 0 Å². The van der Waals surface area contributed by atoms with Crippen LogP contribution in [-0.2, 0) is 11.3 Å². The summed E-state index contributed by atoms with van der Waals surface area (Å²) in [5.74, 6) is 0.650. The Morgan fingerprint density at radius 3 is 2.55 bits per heavy atom. The number of aromatic nitrogens is 1. The molecule has 0 spiro atoms. The van der Waals surface area contributed by atoms with Crippen molar-refractivity contribution in [3.63, 3.8) is 0 Å². The van der Waals surface area contributed by atoms with Crippen LogP contribution in [0.1, 0.15) is 0 Å². The average Bonchev–Trinajstić information content (AvgIpc) is 2.57. The molecule has 0 radical (unpaired) electrons. The maximum absolute atomic E-state index is 12.4. The van der Waals surface area contributed by atoms with Crippen molar-refractivity contribution in [1.29, 1.82) is 0 Å². The second-order valence-electron chi connectivity index (χ2n) is 4.92. The Hall–Kier alpha value is -2.88. The predicted octanol–water partition coefficient (Wildman–Crippen LogP) is 2.88. The van der Waals surface area contributed by atoms with Crippen molar-refractivity contribution in [2.45, 2.75) is 6.54 Å². The zero-order valence-corrected chi connectivity index (χ0v) is 12.2. The minimum atomic E-state index is -0.202. The van der Waals surface area contributed by atoms with Crippen LogP contribution >= 0.6 is 0 Å². The first-order chi connectivity index (χ1) is 10.7. The van der Waals surface area contributed by atoms with Crippen molar-refractivity contribution in [3.05, 3.63) is 65.0 Å². The van der Waals surface area contributed by atoms with Crippen molar-refractivity contribution in [2.24, 2.45) is 0 Å². The summed E-state index contributed by atoms with van der Waals surface area (Å²) in [6.07, 6.45) is 0.725. The van der Waals surface area contributed by atoms with Gasteiger partial charge in [-0.15, -0.1) is 0 Å². The van der Waals surface area contributed by atoms with E-state index in [9.17, 15) is 9.59 Å². The maximum Gasteiger partial charge on any atom is 0.252 e. The van der Waals surface area contributed by atoms with Crippen LogP contribution in [0.5, 0.6) is 5.75 Å². The van der Waals surface area contributed by atoms with Gasteiger partial charge in [-0.1, -0.05) is 30.3 Å². The molecule has 0 fully saturated rings. The number of carbonyl (C=O) groups is 1. The minimum absolute atomic E-state index is 0.0254. The first-order valence-corrected chi connectivity index (χ1v) is 6.95. The van der Waals surface area contributed by atoms with Gasteiger partial charge in [0.25, 0.3) is 5.56 Å². The topological polar surface area (TPSA) is 48.3 Å². The van der Waals surface area contributed by atoms with Crippen molar-refractivity contribution < 1.29 is 9.53 Å². The van der Waals surface area contributed by atoms with Crippen LogP contribution in [0.3, 0.4) is 0 Å². The van der Waals surface area contributed by atoms with Gasteiger partial charge in [0.1, 0.15) is 12.0 Å². The predicted molar refractivity (Wildman–Crippen MR) is 86.3 cm³/mol. The molecule has 0 aliphatic rings. The number of nitrogens with zero attached hydrogens (tertiary/aromatic N) is 1. The van der Waals surface area contributed by atoms with Crippen molar-refractivity contribution in [1.82, 2.24) is 4.57 Å². The Morgan fingerprint density at radius 2 is 1.86 bits per heavy atom. The molecule has 4 heteroatoms. The molecule has 22 heavy (non-hydrogen) atoms. The van der Waals surface area contributed by atoms with E-state index in [0.717, 1.165) is 22.8 Å². The third kappa shape index (κ3) is 2.39. The largest absolute Gasteiger partial charge is 0.497 e. The van der Waals surface area contributed by atoms with Gasteiger partial charge >= 0.3 is 0 Å². The van der Waals surface area contributed by atoms with Gasteiger partial charge in [-0.05, 0) is 23.3 Å². The first-order valence-electron chi connectivity index (χ1n) is 6.95. The molecule has 3 aromatic rings. The molecule has 0 saturated heterocycles. The van der Waals surface area contributed by atoms with Crippen molar-refractivity contribution in [3.8, 4) is 16.9 Å². The summed E-state index contributed by atoms with van der Waals surface area (Å²) in [6.45, 7) is 0.0254. The molecule has 0 aliphatic carbocycles. The second-order valence-corrected chi connectivity index (χ2v) is 4.92. The maximum atomic E-state index is 12.4. The van der Waals surface area contributed by atoms with Crippen LogP contribution in [0, 0.1) is 0 Å². The molecule has 1 aromatic heterocycles. The quantitative estimate of drug-likeness (QED) is 0.695. The van der Waals surface area contributed by atoms with Crippen molar-refractivity contribution in [2.75, 3.05) is 7.11 Å². The van der Waals surface area contributed by atoms with E-state index < -0.39 is 0 Å². The third-order valence-corrected chi connectivity index (χ3v) is 3.66. The molecule has 0 saturated carbocycles. The molecule has 0 aliphatic heterocycles. The van der Waals surface area contributed by atoms with E-state index in [1.165, 1.54) is 4.57 Å². The van der Waals surface area contributed by atoms with Gasteiger partial charge in [0.2, 0.25) is 0 Å². The lowest BCUT2D eigenvalue weighted by molar-refractivity contribution is -0.108. The lowest BCUT2D eigenvalue weighted by Gasteiger charge is -2.13. The number of pyridine rings is 1. The highest BCUT2D eigenvalue weighted by molar-refractivity contribution is 5.95. The monoisotopic (exact) mass is 293 g/mol. The van der Waals surface area contributed by atoms with Gasteiger partial charge in [-0.25, -0.2) is 0 Å². The summed E-state index contributed by atoms with van der Waals surface area (Å²) < 4.78 is 6.69. The number of ether oxygens (including phenoxy) is 1. The minimum Gasteiger partial charge on any atom is -0.497 e. The van der Waals surface area contributed by atoms with Crippen LogP contribution < -0.4 is 10.3 Å². The molecular weight excluding hydrogens is 278 g/mol. The lowest BCUT2D eigenvalue weighted by Crippen LogP contribution is -2.20. The fourth-order valence-corrected chi connectivity index (χ4v) is 2.61. The van der Waals surface area contributed by atoms with Gasteiger partial charge in [0, 0.05) is 17.5 Å². The first kappa shape index (κ1) is 14.1. The molecule has 1 heterocycles. The molecule has 0 atom stereocenters. The number of benzene rings is 2. The van der Waals surface area contributed by atoms with Crippen molar-refractivity contribution >= 4 is 17.2 Å². The zero-order valence-electron chi connectivity index (χ0n) is 12.2. The number of fused-ring (bicyclic) bond motifs is 1. The summed E-state index contributed by atoms with van der Waals surface area (Å²) in [7, 11) is 1.57. The lowest BCUT2D eigenvalue weighted by atomic mass is 10.0. The molecule has 110 valence electrons. The highest BCUT2D eigenvalue weighted by atomic mass is 16.5. The Balaban J connectivity index is 2.38. The summed E-state index contributed by atoms with van der Waals surface area (Å²) in [5, 5.41) is 0.911. The summed E-state index contributed by atoms with van der Waals surface area (Å²) in [4.78, 5) is 23.3. The number of carbonyl (C=O) groups excluding carboxylic acids is 1. The Morgan fingerprint density at radius 1 is 1.09 bits per heavy atom. The third-order valence-electron chi connectivity index (χ3n) is 3.66. The summed E-state index contributed by atoms with van der Waals surface area (Å²) in [6, 6.07) is 16.8. The molecule has 3 rings (SSSR count). The highest BCUT2D eigenvalue weighted by Crippen LogP contribution is 2.29. The SMILES string of the molecule is COc1ccc2c(-c3ccccc3)cc(=O)n(CC=O)c2c1. The number of rotatable bonds is 4. The average molecular weight is 293 g/mol. The number of hydrogen-bond acceptors (Lipinski definition) is 3. The molecule has 0 unspecified atom stereocenters. The van der Waals surface area contributed by atoms with E-state index >= 15 is 0 Å². The molecule has 0 amide bonds. The van der Waals surface area contributed by atoms with Crippen LogP contribution in [-0.4, -0.2) is 18.0 Å². The van der Waals surface area contributed by atoms with Crippen LogP contribution in [0.2, 0.25) is 0 Å². The fraction of sp³-hybridized carbons (Fsp3) is 0.111. The van der Waals surface area contributed by atoms with Gasteiger partial charge in [-0.3, -0.25) is 4.79 Å². The second kappa shape index (κ2) is 5.85. The van der Waals surface area contributed by atoms with E-state index in [2.05, 4.69) is 0 Å². The van der Waals surface area contributed by atoms with Crippen LogP contribution in [0.25, 0.3) is 22.0 Å². The Bertz CT molecular complexity index is 882. The van der Waals surface area contributed by atoms with Crippen LogP contribution in [0.15, 0.2) is 59.4 Å². The summed E-state index contributed by atoms with van der Waals surface area (Å²) >= 11 is 0.